The number of carbonyl (C=O) groups is 2. The lowest BCUT2D eigenvalue weighted by Crippen LogP contribution is -2.36. The second-order valence-electron chi connectivity index (χ2n) is 6.73. The van der Waals surface area contributed by atoms with E-state index >= 15 is 0 Å². The number of hydrogen-bond acceptors (Lipinski definition) is 6. The Bertz CT molecular complexity index is 1170. The van der Waals surface area contributed by atoms with Gasteiger partial charge in [-0.2, -0.15) is 4.98 Å². The summed E-state index contributed by atoms with van der Waals surface area (Å²) in [7, 11) is 0. The van der Waals surface area contributed by atoms with Crippen molar-refractivity contribution in [2.75, 3.05) is 10.6 Å². The lowest BCUT2D eigenvalue weighted by molar-refractivity contribution is -0.385. The summed E-state index contributed by atoms with van der Waals surface area (Å²) in [4.78, 5) is 39.9. The molecule has 2 heterocycles. The molecule has 11 heteroatoms. The zero-order valence-electron chi connectivity index (χ0n) is 15.6. The summed E-state index contributed by atoms with van der Waals surface area (Å²) in [5, 5.41) is 21.3. The van der Waals surface area contributed by atoms with Crippen LogP contribution < -0.4 is 10.6 Å². The lowest BCUT2D eigenvalue weighted by atomic mass is 10.1. The summed E-state index contributed by atoms with van der Waals surface area (Å²) >= 11 is 5.90. The van der Waals surface area contributed by atoms with Gasteiger partial charge in [0.1, 0.15) is 6.04 Å². The molecule has 2 amide bonds. The summed E-state index contributed by atoms with van der Waals surface area (Å²) in [6.45, 7) is 1.61. The van der Waals surface area contributed by atoms with Gasteiger partial charge in [-0.05, 0) is 37.3 Å². The molecule has 1 atom stereocenters. The zero-order chi connectivity index (χ0) is 21.4. The largest absolute Gasteiger partial charge is 0.324 e. The molecule has 0 spiro atoms. The quantitative estimate of drug-likeness (QED) is 0.485. The van der Waals surface area contributed by atoms with Crippen LogP contribution in [0.2, 0.25) is 5.02 Å². The van der Waals surface area contributed by atoms with Crippen molar-refractivity contribution in [1.82, 2.24) is 14.8 Å². The second-order valence-corrected chi connectivity index (χ2v) is 7.16. The Kier molecular flexibility index (Phi) is 4.92. The second kappa shape index (κ2) is 7.56. The number of nitrogens with zero attached hydrogens (tertiary/aromatic N) is 4. The number of anilines is 2. The first-order valence-corrected chi connectivity index (χ1v) is 9.28. The zero-order valence-corrected chi connectivity index (χ0v) is 16.4. The fourth-order valence-corrected chi connectivity index (χ4v) is 3.22. The maximum absolute atomic E-state index is 12.9. The summed E-state index contributed by atoms with van der Waals surface area (Å²) in [6, 6.07) is 10.2. The Morgan fingerprint density at radius 1 is 1.30 bits per heavy atom. The lowest BCUT2D eigenvalue weighted by Gasteiger charge is -2.22. The van der Waals surface area contributed by atoms with E-state index in [0.717, 1.165) is 0 Å². The van der Waals surface area contributed by atoms with Gasteiger partial charge >= 0.3 is 0 Å². The van der Waals surface area contributed by atoms with Crippen LogP contribution in [0, 0.1) is 17.0 Å². The normalized spacial score (nSPS) is 15.3. The van der Waals surface area contributed by atoms with Crippen LogP contribution in [-0.2, 0) is 9.59 Å². The molecular weight excluding hydrogens is 412 g/mol. The minimum Gasteiger partial charge on any atom is -0.324 e. The maximum Gasteiger partial charge on any atom is 0.274 e. The molecule has 0 fully saturated rings. The predicted octanol–water partition coefficient (Wildman–Crippen LogP) is 3.34. The van der Waals surface area contributed by atoms with Crippen LogP contribution in [0.4, 0.5) is 17.3 Å². The average Bonchev–Trinajstić information content (AvgIpc) is 3.12. The van der Waals surface area contributed by atoms with Crippen molar-refractivity contribution in [1.29, 1.82) is 0 Å². The number of carbonyl (C=O) groups excluding carboxylic acids is 2. The molecule has 1 aromatic heterocycles. The number of hydrogen-bond donors (Lipinski definition) is 2. The fraction of sp³-hybridized carbons (Fsp3) is 0.158. The first-order chi connectivity index (χ1) is 14.3. The van der Waals surface area contributed by atoms with E-state index in [1.54, 1.807) is 43.3 Å². The highest BCUT2D eigenvalue weighted by molar-refractivity contribution is 6.30. The molecule has 0 saturated carbocycles. The van der Waals surface area contributed by atoms with Gasteiger partial charge in [0.05, 0.1) is 11.3 Å². The van der Waals surface area contributed by atoms with Crippen LogP contribution in [0.25, 0.3) is 11.4 Å². The third kappa shape index (κ3) is 3.72. The monoisotopic (exact) mass is 426 g/mol. The number of amides is 2. The van der Waals surface area contributed by atoms with Gasteiger partial charge < -0.3 is 5.32 Å². The van der Waals surface area contributed by atoms with E-state index in [1.165, 1.54) is 10.7 Å². The fourth-order valence-electron chi connectivity index (χ4n) is 3.10. The molecule has 2 aromatic carbocycles. The maximum atomic E-state index is 12.9. The molecule has 0 radical (unpaired) electrons. The van der Waals surface area contributed by atoms with Crippen LogP contribution in [0.1, 0.15) is 18.0 Å². The van der Waals surface area contributed by atoms with Crippen LogP contribution in [-0.4, -0.2) is 31.5 Å². The minimum atomic E-state index is -0.956. The van der Waals surface area contributed by atoms with Crippen LogP contribution >= 0.6 is 11.6 Å². The van der Waals surface area contributed by atoms with Crippen molar-refractivity contribution in [2.45, 2.75) is 19.4 Å². The number of nitro groups is 1. The van der Waals surface area contributed by atoms with Gasteiger partial charge in [-0.25, -0.2) is 4.68 Å². The number of fused-ring (bicyclic) bond motifs is 1. The predicted molar refractivity (Wildman–Crippen MR) is 109 cm³/mol. The molecule has 0 aliphatic carbocycles. The van der Waals surface area contributed by atoms with Crippen molar-refractivity contribution in [3.05, 3.63) is 63.2 Å². The smallest absolute Gasteiger partial charge is 0.274 e. The molecule has 2 N–H and O–H groups in total. The molecule has 0 saturated heterocycles. The number of halogens is 1. The molecule has 1 aliphatic rings. The van der Waals surface area contributed by atoms with Crippen LogP contribution in [0.5, 0.6) is 0 Å². The van der Waals surface area contributed by atoms with Gasteiger partial charge in [-0.3, -0.25) is 25.0 Å². The van der Waals surface area contributed by atoms with E-state index in [4.69, 9.17) is 11.6 Å². The van der Waals surface area contributed by atoms with E-state index < -0.39 is 16.9 Å². The highest BCUT2D eigenvalue weighted by Crippen LogP contribution is 2.29. The number of aryl methyl sites for hydroxylation is 1. The van der Waals surface area contributed by atoms with Gasteiger partial charge in [0.2, 0.25) is 17.8 Å². The highest BCUT2D eigenvalue weighted by atomic mass is 35.5. The van der Waals surface area contributed by atoms with Gasteiger partial charge in [0.25, 0.3) is 5.69 Å². The van der Waals surface area contributed by atoms with Gasteiger partial charge in [0, 0.05) is 27.9 Å². The first kappa shape index (κ1) is 19.5. The third-order valence-corrected chi connectivity index (χ3v) is 4.89. The molecule has 4 rings (SSSR count). The van der Waals surface area contributed by atoms with Crippen molar-refractivity contribution >= 4 is 40.7 Å². The third-order valence-electron chi connectivity index (χ3n) is 4.63. The standard InChI is InChI=1S/C19H15ClN6O4/c1-10-2-7-13(8-14(10)26(29)30)21-18(28)15-9-16(27)22-19-23-17(24-25(15)19)11-3-5-12(20)6-4-11/h2-8,15H,9H2,1H3,(H,21,28)(H,22,23,24,27). The van der Waals surface area contributed by atoms with Crippen LogP contribution in [0.15, 0.2) is 42.5 Å². The minimum absolute atomic E-state index is 0.111. The molecule has 0 bridgehead atoms. The highest BCUT2D eigenvalue weighted by Gasteiger charge is 2.33. The van der Waals surface area contributed by atoms with E-state index in [1.807, 2.05) is 0 Å². The van der Waals surface area contributed by atoms with Gasteiger partial charge in [0.15, 0.2) is 5.82 Å². The summed E-state index contributed by atoms with van der Waals surface area (Å²) < 4.78 is 1.34. The SMILES string of the molecule is Cc1ccc(NC(=O)C2CC(=O)Nc3nc(-c4ccc(Cl)cc4)nn32)cc1[N+](=O)[O-]. The Morgan fingerprint density at radius 2 is 2.03 bits per heavy atom. The van der Waals surface area contributed by atoms with Crippen molar-refractivity contribution in [3.8, 4) is 11.4 Å². The number of benzene rings is 2. The van der Waals surface area contributed by atoms with E-state index in [0.29, 0.717) is 22.0 Å². The topological polar surface area (TPSA) is 132 Å². The number of aromatic nitrogens is 3. The van der Waals surface area contributed by atoms with E-state index in [-0.39, 0.29) is 29.7 Å². The average molecular weight is 427 g/mol. The molecular formula is C19H15ClN6O4. The van der Waals surface area contributed by atoms with Crippen LogP contribution in [0.3, 0.4) is 0 Å². The molecule has 1 aliphatic heterocycles. The molecule has 3 aromatic rings. The number of nitrogens with one attached hydrogen (secondary N) is 2. The van der Waals surface area contributed by atoms with Crippen molar-refractivity contribution in [3.63, 3.8) is 0 Å². The van der Waals surface area contributed by atoms with Crippen molar-refractivity contribution < 1.29 is 14.5 Å². The molecule has 152 valence electrons. The number of nitro benzene ring substituents is 1. The van der Waals surface area contributed by atoms with E-state index in [9.17, 15) is 19.7 Å². The summed E-state index contributed by atoms with van der Waals surface area (Å²) in [6.07, 6.45) is -0.143. The Hall–Kier alpha value is -3.79. The first-order valence-electron chi connectivity index (χ1n) is 8.90. The molecule has 1 unspecified atom stereocenters. The van der Waals surface area contributed by atoms with Crippen molar-refractivity contribution in [2.24, 2.45) is 0 Å². The molecule has 30 heavy (non-hydrogen) atoms. The number of rotatable bonds is 4. The Morgan fingerprint density at radius 3 is 2.73 bits per heavy atom. The Labute approximate surface area is 175 Å². The van der Waals surface area contributed by atoms with E-state index in [2.05, 4.69) is 20.7 Å². The Balaban J connectivity index is 1.63. The summed E-state index contributed by atoms with van der Waals surface area (Å²) in [5.41, 5.74) is 1.29. The summed E-state index contributed by atoms with van der Waals surface area (Å²) in [5.74, 6) is -0.441. The van der Waals surface area contributed by atoms with Gasteiger partial charge in [-0.1, -0.05) is 17.7 Å². The van der Waals surface area contributed by atoms with Gasteiger partial charge in [-0.15, -0.1) is 5.10 Å². The molecule has 10 nitrogen and oxygen atoms in total.